The molecule has 5 rings (SSSR count). The minimum absolute atomic E-state index is 0.173. The molecule has 5 aromatic rings. The lowest BCUT2D eigenvalue weighted by Gasteiger charge is -2.12. The molecule has 0 bridgehead atoms. The number of hydrogen-bond acceptors (Lipinski definition) is 5. The zero-order valence-corrected chi connectivity index (χ0v) is 18.3. The Morgan fingerprint density at radius 1 is 0.676 bits per heavy atom. The molecule has 5 N–H and O–H groups in total. The molecule has 0 atom stereocenters. The zero-order valence-electron chi connectivity index (χ0n) is 18.3. The maximum atomic E-state index is 12.8. The fraction of sp³-hybridized carbons (Fsp3) is 0. The van der Waals surface area contributed by atoms with Crippen molar-refractivity contribution >= 4 is 50.9 Å². The standard InChI is InChI=1S/C28H23N5O/c29-20-9-14-26-25(18-20)27(15-16-30-26)32-22-10-12-23(13-11-22)33-28(34)19-5-4-8-24(17-19)31-21-6-2-1-3-7-21/h1-18,31H,29H2,(H,30,32)(H,33,34). The van der Waals surface area contributed by atoms with Crippen LogP contribution in [0.1, 0.15) is 10.4 Å². The molecule has 0 aliphatic heterocycles. The minimum atomic E-state index is -0.173. The second-order valence-corrected chi connectivity index (χ2v) is 7.86. The molecule has 0 saturated carbocycles. The van der Waals surface area contributed by atoms with Crippen LogP contribution in [0.15, 0.2) is 109 Å². The lowest BCUT2D eigenvalue weighted by Crippen LogP contribution is -2.12. The summed E-state index contributed by atoms with van der Waals surface area (Å²) in [6.45, 7) is 0. The van der Waals surface area contributed by atoms with E-state index in [1.165, 1.54) is 0 Å². The van der Waals surface area contributed by atoms with E-state index in [0.717, 1.165) is 33.7 Å². The van der Waals surface area contributed by atoms with E-state index in [1.807, 2.05) is 97.1 Å². The van der Waals surface area contributed by atoms with Crippen LogP contribution in [0.3, 0.4) is 0 Å². The summed E-state index contributed by atoms with van der Waals surface area (Å²) in [6.07, 6.45) is 1.76. The van der Waals surface area contributed by atoms with Crippen LogP contribution in [-0.4, -0.2) is 10.9 Å². The molecule has 0 aliphatic carbocycles. The number of carbonyl (C=O) groups is 1. The van der Waals surface area contributed by atoms with Gasteiger partial charge in [0.25, 0.3) is 5.91 Å². The van der Waals surface area contributed by atoms with E-state index in [2.05, 4.69) is 20.9 Å². The molecule has 1 aromatic heterocycles. The van der Waals surface area contributed by atoms with Crippen molar-refractivity contribution in [3.63, 3.8) is 0 Å². The van der Waals surface area contributed by atoms with Crippen LogP contribution in [0.4, 0.5) is 34.1 Å². The maximum Gasteiger partial charge on any atom is 0.255 e. The number of fused-ring (bicyclic) bond motifs is 1. The molecule has 6 heteroatoms. The largest absolute Gasteiger partial charge is 0.399 e. The van der Waals surface area contributed by atoms with Gasteiger partial charge in [-0.3, -0.25) is 9.78 Å². The molecule has 0 fully saturated rings. The summed E-state index contributed by atoms with van der Waals surface area (Å²) in [6, 6.07) is 32.4. The van der Waals surface area contributed by atoms with Crippen molar-refractivity contribution in [3.8, 4) is 0 Å². The van der Waals surface area contributed by atoms with Gasteiger partial charge in [-0.1, -0.05) is 24.3 Å². The molecular weight excluding hydrogens is 422 g/mol. The number of nitrogens with zero attached hydrogens (tertiary/aromatic N) is 1. The number of anilines is 6. The van der Waals surface area contributed by atoms with Gasteiger partial charge in [0.05, 0.1) is 5.52 Å². The SMILES string of the molecule is Nc1ccc2nccc(Nc3ccc(NC(=O)c4cccc(Nc5ccccc5)c4)cc3)c2c1. The number of pyridine rings is 1. The maximum absolute atomic E-state index is 12.8. The number of hydrogen-bond donors (Lipinski definition) is 4. The van der Waals surface area contributed by atoms with Crippen LogP contribution in [0.5, 0.6) is 0 Å². The van der Waals surface area contributed by atoms with Gasteiger partial charge in [-0.15, -0.1) is 0 Å². The Morgan fingerprint density at radius 3 is 2.24 bits per heavy atom. The summed E-state index contributed by atoms with van der Waals surface area (Å²) in [4.78, 5) is 17.2. The lowest BCUT2D eigenvalue weighted by molar-refractivity contribution is 0.102. The smallest absolute Gasteiger partial charge is 0.255 e. The Labute approximate surface area is 197 Å². The number of benzene rings is 4. The van der Waals surface area contributed by atoms with Gasteiger partial charge in [0.15, 0.2) is 0 Å². The number of amides is 1. The highest BCUT2D eigenvalue weighted by molar-refractivity contribution is 6.05. The summed E-state index contributed by atoms with van der Waals surface area (Å²) in [7, 11) is 0. The molecule has 4 aromatic carbocycles. The second kappa shape index (κ2) is 9.34. The van der Waals surface area contributed by atoms with Crippen molar-refractivity contribution < 1.29 is 4.79 Å². The third-order valence-corrected chi connectivity index (χ3v) is 5.37. The second-order valence-electron chi connectivity index (χ2n) is 7.86. The minimum Gasteiger partial charge on any atom is -0.399 e. The van der Waals surface area contributed by atoms with Crippen molar-refractivity contribution in [2.75, 3.05) is 21.7 Å². The Balaban J connectivity index is 1.27. The van der Waals surface area contributed by atoms with Crippen molar-refractivity contribution in [1.29, 1.82) is 0 Å². The van der Waals surface area contributed by atoms with Gasteiger partial charge >= 0.3 is 0 Å². The molecule has 6 nitrogen and oxygen atoms in total. The third-order valence-electron chi connectivity index (χ3n) is 5.37. The molecule has 0 unspecified atom stereocenters. The van der Waals surface area contributed by atoms with Crippen molar-refractivity contribution in [3.05, 3.63) is 115 Å². The van der Waals surface area contributed by atoms with Crippen LogP contribution < -0.4 is 21.7 Å². The van der Waals surface area contributed by atoms with Crippen molar-refractivity contribution in [2.24, 2.45) is 0 Å². The van der Waals surface area contributed by atoms with E-state index < -0.39 is 0 Å². The normalized spacial score (nSPS) is 10.6. The molecule has 0 aliphatic rings. The van der Waals surface area contributed by atoms with Gasteiger partial charge in [-0.2, -0.15) is 0 Å². The highest BCUT2D eigenvalue weighted by atomic mass is 16.1. The molecule has 166 valence electrons. The topological polar surface area (TPSA) is 92.1 Å². The average Bonchev–Trinajstić information content (AvgIpc) is 2.86. The predicted molar refractivity (Wildman–Crippen MR) is 140 cm³/mol. The fourth-order valence-corrected chi connectivity index (χ4v) is 3.69. The number of nitrogen functional groups attached to an aromatic ring is 1. The van der Waals surface area contributed by atoms with Gasteiger partial charge in [-0.25, -0.2) is 0 Å². The number of nitrogens with two attached hydrogens (primary N) is 1. The Kier molecular flexibility index (Phi) is 5.78. The quantitative estimate of drug-likeness (QED) is 0.222. The molecular formula is C28H23N5O. The molecule has 1 amide bonds. The predicted octanol–water partition coefficient (Wildman–Crippen LogP) is 6.56. The van der Waals surface area contributed by atoms with E-state index in [4.69, 9.17) is 5.73 Å². The van der Waals surface area contributed by atoms with Crippen LogP contribution >= 0.6 is 0 Å². The first kappa shape index (κ1) is 21.0. The third kappa shape index (κ3) is 4.81. The first-order valence-electron chi connectivity index (χ1n) is 10.9. The summed E-state index contributed by atoms with van der Waals surface area (Å²) in [5.74, 6) is -0.173. The summed E-state index contributed by atoms with van der Waals surface area (Å²) < 4.78 is 0. The van der Waals surface area contributed by atoms with Crippen molar-refractivity contribution in [1.82, 2.24) is 4.98 Å². The van der Waals surface area contributed by atoms with Gasteiger partial charge in [0, 0.05) is 51.3 Å². The van der Waals surface area contributed by atoms with E-state index >= 15 is 0 Å². The molecule has 0 radical (unpaired) electrons. The van der Waals surface area contributed by atoms with Gasteiger partial charge < -0.3 is 21.7 Å². The fourth-order valence-electron chi connectivity index (χ4n) is 3.69. The molecule has 34 heavy (non-hydrogen) atoms. The first-order valence-corrected chi connectivity index (χ1v) is 10.9. The summed E-state index contributed by atoms with van der Waals surface area (Å²) in [5, 5.41) is 10.6. The van der Waals surface area contributed by atoms with Crippen LogP contribution in [-0.2, 0) is 0 Å². The highest BCUT2D eigenvalue weighted by Gasteiger charge is 2.08. The Bertz CT molecular complexity index is 1450. The zero-order chi connectivity index (χ0) is 23.3. The summed E-state index contributed by atoms with van der Waals surface area (Å²) >= 11 is 0. The van der Waals surface area contributed by atoms with Crippen LogP contribution in [0.25, 0.3) is 10.9 Å². The van der Waals surface area contributed by atoms with Crippen LogP contribution in [0, 0.1) is 0 Å². The van der Waals surface area contributed by atoms with E-state index in [-0.39, 0.29) is 5.91 Å². The monoisotopic (exact) mass is 445 g/mol. The van der Waals surface area contributed by atoms with Crippen molar-refractivity contribution in [2.45, 2.75) is 0 Å². The Morgan fingerprint density at radius 2 is 1.41 bits per heavy atom. The number of aromatic nitrogens is 1. The summed E-state index contributed by atoms with van der Waals surface area (Å²) in [5.41, 5.74) is 12.4. The van der Waals surface area contributed by atoms with Gasteiger partial charge in [0.2, 0.25) is 0 Å². The van der Waals surface area contributed by atoms with E-state index in [9.17, 15) is 4.79 Å². The number of para-hydroxylation sites is 1. The van der Waals surface area contributed by atoms with Gasteiger partial charge in [0.1, 0.15) is 0 Å². The molecule has 0 saturated heterocycles. The average molecular weight is 446 g/mol. The molecule has 1 heterocycles. The first-order chi connectivity index (χ1) is 16.6. The highest BCUT2D eigenvalue weighted by Crippen LogP contribution is 2.27. The van der Waals surface area contributed by atoms with Crippen LogP contribution in [0.2, 0.25) is 0 Å². The Hall–Kier alpha value is -4.84. The number of carbonyl (C=O) groups excluding carboxylic acids is 1. The number of rotatable bonds is 6. The molecule has 0 spiro atoms. The van der Waals surface area contributed by atoms with E-state index in [0.29, 0.717) is 16.9 Å². The van der Waals surface area contributed by atoms with Gasteiger partial charge in [-0.05, 0) is 78.9 Å². The number of nitrogens with one attached hydrogen (secondary N) is 3. The lowest BCUT2D eigenvalue weighted by atomic mass is 10.1. The van der Waals surface area contributed by atoms with E-state index in [1.54, 1.807) is 12.3 Å².